The van der Waals surface area contributed by atoms with Gasteiger partial charge in [0.05, 0.1) is 32.0 Å². The zero-order valence-electron chi connectivity index (χ0n) is 13.8. The number of hydrogen-bond acceptors (Lipinski definition) is 5. The van der Waals surface area contributed by atoms with Crippen LogP contribution in [0.1, 0.15) is 36.2 Å². The van der Waals surface area contributed by atoms with Crippen LogP contribution in [-0.4, -0.2) is 49.3 Å². The summed E-state index contributed by atoms with van der Waals surface area (Å²) in [5, 5.41) is 11.1. The first-order valence-corrected chi connectivity index (χ1v) is 8.94. The van der Waals surface area contributed by atoms with Gasteiger partial charge in [-0.2, -0.15) is 0 Å². The van der Waals surface area contributed by atoms with Crippen molar-refractivity contribution < 1.29 is 24.1 Å². The summed E-state index contributed by atoms with van der Waals surface area (Å²) < 4.78 is 16.4. The standard InChI is InChI=1S/C17H25BrO5/c1-3-4-15-16(6-5-14(13(2)19)17(15)20)23-12-11-22-10-9-21-8-7-18/h5-6,20H,3-4,7-12H2,1-2H3. The molecule has 0 radical (unpaired) electrons. The first kappa shape index (κ1) is 19.9. The SMILES string of the molecule is CCCc1c(OCCOCCOCCBr)ccc(C(C)=O)c1O. The van der Waals surface area contributed by atoms with E-state index in [2.05, 4.69) is 15.9 Å². The van der Waals surface area contributed by atoms with Crippen molar-refractivity contribution in [3.63, 3.8) is 0 Å². The minimum atomic E-state index is -0.154. The summed E-state index contributed by atoms with van der Waals surface area (Å²) in [6.45, 7) is 6.03. The molecule has 0 unspecified atom stereocenters. The number of rotatable bonds is 12. The predicted molar refractivity (Wildman–Crippen MR) is 93.0 cm³/mol. The molecule has 0 aromatic heterocycles. The first-order chi connectivity index (χ1) is 11.1. The van der Waals surface area contributed by atoms with Gasteiger partial charge in [0.25, 0.3) is 0 Å². The highest BCUT2D eigenvalue weighted by atomic mass is 79.9. The first-order valence-electron chi connectivity index (χ1n) is 7.81. The van der Waals surface area contributed by atoms with E-state index in [0.29, 0.717) is 56.3 Å². The molecule has 1 N–H and O–H groups in total. The monoisotopic (exact) mass is 388 g/mol. The van der Waals surface area contributed by atoms with Crippen LogP contribution in [0, 0.1) is 0 Å². The molecular weight excluding hydrogens is 364 g/mol. The summed E-state index contributed by atoms with van der Waals surface area (Å²) in [6.07, 6.45) is 1.51. The van der Waals surface area contributed by atoms with Gasteiger partial charge in [-0.1, -0.05) is 29.3 Å². The van der Waals surface area contributed by atoms with Gasteiger partial charge in [0.15, 0.2) is 5.78 Å². The van der Waals surface area contributed by atoms with E-state index in [1.54, 1.807) is 12.1 Å². The fraction of sp³-hybridized carbons (Fsp3) is 0.588. The minimum absolute atomic E-state index is 0.0286. The summed E-state index contributed by atoms with van der Waals surface area (Å²) in [5.74, 6) is 0.479. The van der Waals surface area contributed by atoms with Crippen molar-refractivity contribution >= 4 is 21.7 Å². The maximum absolute atomic E-state index is 11.5. The molecule has 0 saturated heterocycles. The number of aromatic hydroxyl groups is 1. The normalized spacial score (nSPS) is 10.7. The molecule has 130 valence electrons. The number of alkyl halides is 1. The number of halogens is 1. The fourth-order valence-corrected chi connectivity index (χ4v) is 2.34. The highest BCUT2D eigenvalue weighted by Gasteiger charge is 2.15. The molecular formula is C17H25BrO5. The van der Waals surface area contributed by atoms with Crippen molar-refractivity contribution in [3.05, 3.63) is 23.3 Å². The van der Waals surface area contributed by atoms with Crippen molar-refractivity contribution in [3.8, 4) is 11.5 Å². The third kappa shape index (κ3) is 6.89. The molecule has 1 aromatic carbocycles. The van der Waals surface area contributed by atoms with Gasteiger partial charge in [-0.3, -0.25) is 4.79 Å². The Balaban J connectivity index is 2.49. The van der Waals surface area contributed by atoms with Gasteiger partial charge in [0, 0.05) is 10.9 Å². The Labute approximate surface area is 146 Å². The van der Waals surface area contributed by atoms with Gasteiger partial charge < -0.3 is 19.3 Å². The molecule has 0 aliphatic rings. The number of phenols is 1. The number of ketones is 1. The summed E-state index contributed by atoms with van der Waals surface area (Å²) in [5.41, 5.74) is 1.02. The second-order valence-corrected chi connectivity index (χ2v) is 5.80. The minimum Gasteiger partial charge on any atom is -0.507 e. The lowest BCUT2D eigenvalue weighted by molar-refractivity contribution is 0.0413. The van der Waals surface area contributed by atoms with E-state index in [4.69, 9.17) is 14.2 Å². The Morgan fingerprint density at radius 3 is 2.39 bits per heavy atom. The number of hydrogen-bond donors (Lipinski definition) is 1. The van der Waals surface area contributed by atoms with Crippen molar-refractivity contribution in [1.82, 2.24) is 0 Å². The molecule has 1 rings (SSSR count). The highest BCUT2D eigenvalue weighted by Crippen LogP contribution is 2.32. The van der Waals surface area contributed by atoms with Gasteiger partial charge in [0.2, 0.25) is 0 Å². The van der Waals surface area contributed by atoms with Crippen LogP contribution in [0.2, 0.25) is 0 Å². The molecule has 23 heavy (non-hydrogen) atoms. The zero-order chi connectivity index (χ0) is 17.1. The van der Waals surface area contributed by atoms with Crippen molar-refractivity contribution in [2.75, 3.05) is 38.4 Å². The second kappa shape index (κ2) is 11.4. The number of phenolic OH excluding ortho intramolecular Hbond substituents is 1. The molecule has 5 nitrogen and oxygen atoms in total. The lowest BCUT2D eigenvalue weighted by Crippen LogP contribution is -2.12. The van der Waals surface area contributed by atoms with E-state index >= 15 is 0 Å². The predicted octanol–water partition coefficient (Wildman–Crippen LogP) is 3.35. The van der Waals surface area contributed by atoms with Gasteiger partial charge in [-0.15, -0.1) is 0 Å². The third-order valence-corrected chi connectivity index (χ3v) is 3.52. The van der Waals surface area contributed by atoms with Crippen LogP contribution in [0.3, 0.4) is 0 Å². The van der Waals surface area contributed by atoms with Crippen LogP contribution < -0.4 is 4.74 Å². The molecule has 0 spiro atoms. The molecule has 0 bridgehead atoms. The van der Waals surface area contributed by atoms with Crippen LogP contribution in [0.4, 0.5) is 0 Å². The maximum atomic E-state index is 11.5. The van der Waals surface area contributed by atoms with E-state index in [-0.39, 0.29) is 11.5 Å². The van der Waals surface area contributed by atoms with Crippen LogP contribution >= 0.6 is 15.9 Å². The average molecular weight is 389 g/mol. The van der Waals surface area contributed by atoms with E-state index in [1.807, 2.05) is 6.92 Å². The van der Waals surface area contributed by atoms with E-state index in [9.17, 15) is 9.90 Å². The largest absolute Gasteiger partial charge is 0.507 e. The molecule has 0 aliphatic heterocycles. The molecule has 0 saturated carbocycles. The van der Waals surface area contributed by atoms with Gasteiger partial charge in [0.1, 0.15) is 18.1 Å². The highest BCUT2D eigenvalue weighted by molar-refractivity contribution is 9.09. The van der Waals surface area contributed by atoms with Gasteiger partial charge >= 0.3 is 0 Å². The Morgan fingerprint density at radius 2 is 1.78 bits per heavy atom. The summed E-state index contributed by atoms with van der Waals surface area (Å²) in [6, 6.07) is 3.34. The summed E-state index contributed by atoms with van der Waals surface area (Å²) in [7, 11) is 0. The van der Waals surface area contributed by atoms with E-state index < -0.39 is 0 Å². The smallest absolute Gasteiger partial charge is 0.163 e. The lowest BCUT2D eigenvalue weighted by Gasteiger charge is -2.14. The Bertz CT molecular complexity index is 490. The number of ether oxygens (including phenoxy) is 3. The van der Waals surface area contributed by atoms with Gasteiger partial charge in [-0.05, 0) is 25.5 Å². The van der Waals surface area contributed by atoms with Gasteiger partial charge in [-0.25, -0.2) is 0 Å². The molecule has 0 fully saturated rings. The quantitative estimate of drug-likeness (QED) is 0.337. The molecule has 1 aromatic rings. The fourth-order valence-electron chi connectivity index (χ4n) is 2.12. The molecule has 0 heterocycles. The van der Waals surface area contributed by atoms with Crippen LogP contribution in [0.25, 0.3) is 0 Å². The van der Waals surface area contributed by atoms with Crippen molar-refractivity contribution in [2.45, 2.75) is 26.7 Å². The lowest BCUT2D eigenvalue weighted by atomic mass is 10.0. The van der Waals surface area contributed by atoms with Crippen molar-refractivity contribution in [1.29, 1.82) is 0 Å². The number of carbonyl (C=O) groups excluding carboxylic acids is 1. The number of Topliss-reactive ketones (excluding diaryl/α,β-unsaturated/α-hetero) is 1. The van der Waals surface area contributed by atoms with Crippen molar-refractivity contribution in [2.24, 2.45) is 0 Å². The number of carbonyl (C=O) groups is 1. The van der Waals surface area contributed by atoms with E-state index in [1.165, 1.54) is 6.92 Å². The second-order valence-electron chi connectivity index (χ2n) is 5.01. The molecule has 0 atom stereocenters. The Morgan fingerprint density at radius 1 is 1.13 bits per heavy atom. The average Bonchev–Trinajstić information content (AvgIpc) is 2.52. The van der Waals surface area contributed by atoms with Crippen LogP contribution in [-0.2, 0) is 15.9 Å². The third-order valence-electron chi connectivity index (χ3n) is 3.20. The van der Waals surface area contributed by atoms with Crippen LogP contribution in [0.5, 0.6) is 11.5 Å². The van der Waals surface area contributed by atoms with Crippen LogP contribution in [0.15, 0.2) is 12.1 Å². The Hall–Kier alpha value is -1.11. The zero-order valence-corrected chi connectivity index (χ0v) is 15.4. The maximum Gasteiger partial charge on any atom is 0.163 e. The number of benzene rings is 1. The molecule has 0 aliphatic carbocycles. The summed E-state index contributed by atoms with van der Waals surface area (Å²) >= 11 is 3.28. The topological polar surface area (TPSA) is 65.0 Å². The van der Waals surface area contributed by atoms with E-state index in [0.717, 1.165) is 11.8 Å². The molecule has 0 amide bonds. The Kier molecular flexibility index (Phi) is 9.91. The molecule has 6 heteroatoms. The summed E-state index contributed by atoms with van der Waals surface area (Å²) in [4.78, 5) is 11.5.